The van der Waals surface area contributed by atoms with Gasteiger partial charge in [-0.2, -0.15) is 0 Å². The summed E-state index contributed by atoms with van der Waals surface area (Å²) in [5.41, 5.74) is 1.14. The van der Waals surface area contributed by atoms with Crippen molar-refractivity contribution in [1.29, 1.82) is 0 Å². The molecule has 2 aliphatic carbocycles. The minimum Gasteiger partial charge on any atom is -0.462 e. The molecule has 132 valence electrons. The van der Waals surface area contributed by atoms with Crippen LogP contribution in [0.2, 0.25) is 0 Å². The predicted octanol–water partition coefficient (Wildman–Crippen LogP) is 5.11. The van der Waals surface area contributed by atoms with E-state index in [2.05, 4.69) is 41.9 Å². The normalized spacial score (nSPS) is 26.1. The van der Waals surface area contributed by atoms with Crippen LogP contribution in [0, 0.1) is 17.3 Å². The van der Waals surface area contributed by atoms with Gasteiger partial charge >= 0.3 is 5.97 Å². The number of hydrogen-bond acceptors (Lipinski definition) is 3. The Balaban J connectivity index is 1.45. The molecule has 0 amide bonds. The number of ether oxygens (including phenoxy) is 2. The van der Waals surface area contributed by atoms with Crippen molar-refractivity contribution < 1.29 is 14.3 Å². The van der Waals surface area contributed by atoms with Crippen LogP contribution in [0.4, 0.5) is 0 Å². The number of esters is 1. The van der Waals surface area contributed by atoms with E-state index < -0.39 is 0 Å². The Morgan fingerprint density at radius 1 is 1.17 bits per heavy atom. The van der Waals surface area contributed by atoms with Crippen LogP contribution < -0.4 is 0 Å². The van der Waals surface area contributed by atoms with Crippen molar-refractivity contribution in [3.8, 4) is 0 Å². The fourth-order valence-electron chi connectivity index (χ4n) is 3.83. The Bertz CT molecular complexity index is 561. The maximum absolute atomic E-state index is 12.5. The maximum atomic E-state index is 12.5. The first-order valence-corrected chi connectivity index (χ1v) is 9.80. The SMILES string of the molecule is CC1(C)C(COCc2ccc(Br)cc2)C1C(=O)OC1CCCCC1. The van der Waals surface area contributed by atoms with E-state index in [1.54, 1.807) is 0 Å². The fraction of sp³-hybridized carbons (Fsp3) is 0.650. The summed E-state index contributed by atoms with van der Waals surface area (Å²) in [4.78, 5) is 12.5. The number of hydrogen-bond donors (Lipinski definition) is 0. The van der Waals surface area contributed by atoms with Gasteiger partial charge < -0.3 is 9.47 Å². The van der Waals surface area contributed by atoms with Crippen molar-refractivity contribution in [3.05, 3.63) is 34.3 Å². The van der Waals surface area contributed by atoms with E-state index in [1.807, 2.05) is 12.1 Å². The van der Waals surface area contributed by atoms with Crippen molar-refractivity contribution in [2.75, 3.05) is 6.61 Å². The summed E-state index contributed by atoms with van der Waals surface area (Å²) in [6, 6.07) is 8.14. The van der Waals surface area contributed by atoms with Crippen molar-refractivity contribution in [3.63, 3.8) is 0 Å². The maximum Gasteiger partial charge on any atom is 0.310 e. The highest BCUT2D eigenvalue weighted by Crippen LogP contribution is 2.59. The lowest BCUT2D eigenvalue weighted by molar-refractivity contribution is -0.153. The highest BCUT2D eigenvalue weighted by atomic mass is 79.9. The molecule has 0 saturated heterocycles. The van der Waals surface area contributed by atoms with Gasteiger partial charge in [0.05, 0.1) is 19.1 Å². The predicted molar refractivity (Wildman–Crippen MR) is 97.5 cm³/mol. The van der Waals surface area contributed by atoms with Crippen molar-refractivity contribution in [2.24, 2.45) is 17.3 Å². The van der Waals surface area contributed by atoms with Crippen LogP contribution >= 0.6 is 15.9 Å². The van der Waals surface area contributed by atoms with Gasteiger partial charge in [-0.05, 0) is 48.8 Å². The van der Waals surface area contributed by atoms with Gasteiger partial charge in [-0.15, -0.1) is 0 Å². The molecular weight excluding hydrogens is 368 g/mol. The average Bonchev–Trinajstić information content (AvgIpc) is 3.11. The molecule has 1 aromatic rings. The lowest BCUT2D eigenvalue weighted by atomic mass is 9.98. The molecule has 2 unspecified atom stereocenters. The zero-order valence-electron chi connectivity index (χ0n) is 14.6. The van der Waals surface area contributed by atoms with E-state index in [9.17, 15) is 4.79 Å². The van der Waals surface area contributed by atoms with Crippen molar-refractivity contribution >= 4 is 21.9 Å². The van der Waals surface area contributed by atoms with E-state index in [0.29, 0.717) is 13.2 Å². The number of rotatable bonds is 6. The van der Waals surface area contributed by atoms with Gasteiger partial charge in [0.15, 0.2) is 0 Å². The quantitative estimate of drug-likeness (QED) is 0.628. The monoisotopic (exact) mass is 394 g/mol. The second-order valence-corrected chi connectivity index (χ2v) is 8.66. The Labute approximate surface area is 153 Å². The van der Waals surface area contributed by atoms with Crippen LogP contribution in [-0.4, -0.2) is 18.7 Å². The summed E-state index contributed by atoms with van der Waals surface area (Å²) in [6.45, 7) is 5.50. The zero-order chi connectivity index (χ0) is 17.2. The lowest BCUT2D eigenvalue weighted by Gasteiger charge is -2.22. The molecule has 0 bridgehead atoms. The largest absolute Gasteiger partial charge is 0.462 e. The summed E-state index contributed by atoms with van der Waals surface area (Å²) in [6.07, 6.45) is 5.85. The summed E-state index contributed by atoms with van der Waals surface area (Å²) in [7, 11) is 0. The Morgan fingerprint density at radius 3 is 2.50 bits per heavy atom. The van der Waals surface area contributed by atoms with Gasteiger partial charge in [0.25, 0.3) is 0 Å². The summed E-state index contributed by atoms with van der Waals surface area (Å²) < 4.78 is 12.7. The summed E-state index contributed by atoms with van der Waals surface area (Å²) in [5.74, 6) is 0.248. The van der Waals surface area contributed by atoms with Crippen LogP contribution in [0.15, 0.2) is 28.7 Å². The summed E-state index contributed by atoms with van der Waals surface area (Å²) >= 11 is 3.43. The Kier molecular flexibility index (Phi) is 5.66. The van der Waals surface area contributed by atoms with E-state index in [4.69, 9.17) is 9.47 Å². The van der Waals surface area contributed by atoms with Crippen molar-refractivity contribution in [2.45, 2.75) is 58.7 Å². The van der Waals surface area contributed by atoms with Crippen LogP contribution in [0.1, 0.15) is 51.5 Å². The van der Waals surface area contributed by atoms with Gasteiger partial charge in [-0.25, -0.2) is 0 Å². The molecule has 4 heteroatoms. The molecule has 0 aromatic heterocycles. The molecule has 3 nitrogen and oxygen atoms in total. The van der Waals surface area contributed by atoms with Crippen LogP contribution in [0.5, 0.6) is 0 Å². The minimum atomic E-state index is -0.0101. The van der Waals surface area contributed by atoms with Gasteiger partial charge in [-0.3, -0.25) is 4.79 Å². The molecule has 3 rings (SSSR count). The van der Waals surface area contributed by atoms with Gasteiger partial charge in [0.2, 0.25) is 0 Å². The highest BCUT2D eigenvalue weighted by Gasteiger charge is 2.62. The molecule has 2 atom stereocenters. The molecule has 0 spiro atoms. The third kappa shape index (κ3) is 4.20. The molecular formula is C20H27BrO3. The van der Waals surface area contributed by atoms with E-state index in [0.717, 1.165) is 22.9 Å². The number of halogens is 1. The van der Waals surface area contributed by atoms with Gasteiger partial charge in [0.1, 0.15) is 6.10 Å². The van der Waals surface area contributed by atoms with Crippen LogP contribution in [-0.2, 0) is 20.9 Å². The molecule has 0 aliphatic heterocycles. The molecule has 0 heterocycles. The summed E-state index contributed by atoms with van der Waals surface area (Å²) in [5, 5.41) is 0. The molecule has 1 aromatic carbocycles. The molecule has 24 heavy (non-hydrogen) atoms. The average molecular weight is 395 g/mol. The first-order chi connectivity index (χ1) is 11.5. The topological polar surface area (TPSA) is 35.5 Å². The lowest BCUT2D eigenvalue weighted by Crippen LogP contribution is -2.23. The number of benzene rings is 1. The molecule has 0 radical (unpaired) electrons. The fourth-order valence-corrected chi connectivity index (χ4v) is 4.09. The molecule has 0 N–H and O–H groups in total. The van der Waals surface area contributed by atoms with Gasteiger partial charge in [-0.1, -0.05) is 48.3 Å². The number of carbonyl (C=O) groups is 1. The molecule has 2 saturated carbocycles. The smallest absolute Gasteiger partial charge is 0.310 e. The standard InChI is InChI=1S/C20H27BrO3/c1-20(2)17(13-23-12-14-8-10-15(21)11-9-14)18(20)19(22)24-16-6-4-3-5-7-16/h8-11,16-18H,3-7,12-13H2,1-2H3. The Hall–Kier alpha value is -0.870. The first-order valence-electron chi connectivity index (χ1n) is 9.01. The molecule has 2 aliphatic rings. The van der Waals surface area contributed by atoms with Crippen molar-refractivity contribution in [1.82, 2.24) is 0 Å². The van der Waals surface area contributed by atoms with E-state index in [1.165, 1.54) is 19.3 Å². The number of carbonyl (C=O) groups excluding carboxylic acids is 1. The zero-order valence-corrected chi connectivity index (χ0v) is 16.2. The minimum absolute atomic E-state index is 0.00847. The second kappa shape index (κ2) is 7.57. The van der Waals surface area contributed by atoms with E-state index in [-0.39, 0.29) is 29.3 Å². The van der Waals surface area contributed by atoms with Crippen LogP contribution in [0.3, 0.4) is 0 Å². The highest BCUT2D eigenvalue weighted by molar-refractivity contribution is 9.10. The van der Waals surface area contributed by atoms with E-state index >= 15 is 0 Å². The third-order valence-electron chi connectivity index (χ3n) is 5.62. The Morgan fingerprint density at radius 2 is 1.83 bits per heavy atom. The first kappa shape index (κ1) is 17.9. The van der Waals surface area contributed by atoms with Gasteiger partial charge in [0, 0.05) is 10.4 Å². The van der Waals surface area contributed by atoms with Crippen LogP contribution in [0.25, 0.3) is 0 Å². The second-order valence-electron chi connectivity index (χ2n) is 7.74. The third-order valence-corrected chi connectivity index (χ3v) is 6.15. The molecule has 2 fully saturated rings.